The molecule has 1 heterocycles. The summed E-state index contributed by atoms with van der Waals surface area (Å²) in [6.07, 6.45) is 2.20. The lowest BCUT2D eigenvalue weighted by atomic mass is 9.93. The van der Waals surface area contributed by atoms with Crippen molar-refractivity contribution in [3.8, 4) is 0 Å². The molecule has 2 fully saturated rings. The van der Waals surface area contributed by atoms with Gasteiger partial charge in [0.05, 0.1) is 24.9 Å². The fourth-order valence-electron chi connectivity index (χ4n) is 2.40. The summed E-state index contributed by atoms with van der Waals surface area (Å²) in [6, 6.07) is 6.28. The molecule has 0 spiro atoms. The first-order valence-corrected chi connectivity index (χ1v) is 8.03. The second-order valence-electron chi connectivity index (χ2n) is 5.27. The minimum atomic E-state index is -0.710. The molecule has 1 aliphatic carbocycles. The van der Waals surface area contributed by atoms with Crippen LogP contribution in [0.2, 0.25) is 0 Å². The molecular formula is C14H15BrO3S. The van der Waals surface area contributed by atoms with Crippen molar-refractivity contribution >= 4 is 33.7 Å². The van der Waals surface area contributed by atoms with E-state index in [-0.39, 0.29) is 11.8 Å². The number of thioether (sulfide) groups is 1. The molecule has 1 N–H and O–H groups in total. The monoisotopic (exact) mass is 342 g/mol. The smallest absolute Gasteiger partial charge is 0.304 e. The fraction of sp³-hybridized carbons (Fsp3) is 0.500. The second-order valence-corrected chi connectivity index (χ2v) is 7.47. The Bertz CT molecular complexity index is 509. The average Bonchev–Trinajstić information content (AvgIpc) is 3.05. The molecule has 1 aliphatic heterocycles. The molecule has 1 saturated heterocycles. The number of ether oxygens (including phenoxy) is 1. The van der Waals surface area contributed by atoms with Crippen LogP contribution < -0.4 is 0 Å². The predicted molar refractivity (Wildman–Crippen MR) is 77.8 cm³/mol. The first-order valence-electron chi connectivity index (χ1n) is 6.35. The molecule has 1 aromatic rings. The molecule has 5 heteroatoms. The van der Waals surface area contributed by atoms with E-state index in [0.29, 0.717) is 5.25 Å². The van der Waals surface area contributed by atoms with Crippen molar-refractivity contribution in [1.29, 1.82) is 0 Å². The molecule has 0 bridgehead atoms. The van der Waals surface area contributed by atoms with Gasteiger partial charge in [-0.15, -0.1) is 11.8 Å². The molecule has 3 nitrogen and oxygen atoms in total. The van der Waals surface area contributed by atoms with Crippen LogP contribution in [0, 0.1) is 0 Å². The Kier molecular flexibility index (Phi) is 3.62. The molecule has 1 saturated carbocycles. The van der Waals surface area contributed by atoms with Gasteiger partial charge in [0, 0.05) is 14.8 Å². The zero-order valence-electron chi connectivity index (χ0n) is 10.4. The van der Waals surface area contributed by atoms with E-state index in [1.165, 1.54) is 4.90 Å². The van der Waals surface area contributed by atoms with E-state index >= 15 is 0 Å². The number of aliphatic carboxylic acids is 1. The summed E-state index contributed by atoms with van der Waals surface area (Å²) < 4.78 is 6.25. The summed E-state index contributed by atoms with van der Waals surface area (Å²) in [5, 5.41) is 9.55. The number of benzene rings is 1. The number of halogens is 1. The van der Waals surface area contributed by atoms with Gasteiger partial charge in [-0.1, -0.05) is 6.07 Å². The van der Waals surface area contributed by atoms with Crippen molar-refractivity contribution in [1.82, 2.24) is 0 Å². The van der Waals surface area contributed by atoms with Crippen LogP contribution in [-0.2, 0) is 14.9 Å². The van der Waals surface area contributed by atoms with Crippen LogP contribution in [0.5, 0.6) is 0 Å². The Morgan fingerprint density at radius 2 is 2.21 bits per heavy atom. The molecule has 0 radical (unpaired) electrons. The van der Waals surface area contributed by atoms with Crippen LogP contribution in [0.25, 0.3) is 0 Å². The van der Waals surface area contributed by atoms with Crippen molar-refractivity contribution < 1.29 is 14.6 Å². The van der Waals surface area contributed by atoms with Crippen LogP contribution in [0.4, 0.5) is 0 Å². The first kappa shape index (κ1) is 13.5. The average molecular weight is 343 g/mol. The van der Waals surface area contributed by atoms with E-state index < -0.39 is 5.97 Å². The third-order valence-electron chi connectivity index (χ3n) is 3.79. The Morgan fingerprint density at radius 3 is 2.68 bits per heavy atom. The molecule has 0 atom stereocenters. The van der Waals surface area contributed by atoms with Crippen LogP contribution in [0.3, 0.4) is 0 Å². The Morgan fingerprint density at radius 1 is 1.47 bits per heavy atom. The summed E-state index contributed by atoms with van der Waals surface area (Å²) in [4.78, 5) is 12.2. The topological polar surface area (TPSA) is 46.5 Å². The van der Waals surface area contributed by atoms with Gasteiger partial charge in [0.1, 0.15) is 0 Å². The van der Waals surface area contributed by atoms with Crippen LogP contribution in [0.1, 0.15) is 24.8 Å². The highest BCUT2D eigenvalue weighted by atomic mass is 79.9. The number of hydrogen-bond acceptors (Lipinski definition) is 3. The number of carbonyl (C=O) groups is 1. The van der Waals surface area contributed by atoms with Crippen molar-refractivity contribution in [3.05, 3.63) is 28.2 Å². The molecule has 19 heavy (non-hydrogen) atoms. The second kappa shape index (κ2) is 5.11. The summed E-state index contributed by atoms with van der Waals surface area (Å²) in [7, 11) is 0. The SMILES string of the molecule is O=C(O)CC1(c2ccc(SC3COC3)c(Br)c2)CC1. The molecule has 2 aliphatic rings. The zero-order chi connectivity index (χ0) is 13.5. The van der Waals surface area contributed by atoms with Crippen molar-refractivity contribution in [2.75, 3.05) is 13.2 Å². The summed E-state index contributed by atoms with van der Waals surface area (Å²) in [5.41, 5.74) is 1.04. The van der Waals surface area contributed by atoms with E-state index in [9.17, 15) is 4.79 Å². The van der Waals surface area contributed by atoms with E-state index in [1.54, 1.807) is 0 Å². The number of carboxylic acid groups (broad SMARTS) is 1. The maximum Gasteiger partial charge on any atom is 0.304 e. The molecule has 0 amide bonds. The van der Waals surface area contributed by atoms with Gasteiger partial charge in [0.2, 0.25) is 0 Å². The molecule has 0 aromatic heterocycles. The minimum Gasteiger partial charge on any atom is -0.481 e. The highest BCUT2D eigenvalue weighted by molar-refractivity contribution is 9.10. The van der Waals surface area contributed by atoms with Crippen molar-refractivity contribution in [2.24, 2.45) is 0 Å². The number of carboxylic acids is 1. The van der Waals surface area contributed by atoms with Gasteiger partial charge in [0.15, 0.2) is 0 Å². The zero-order valence-corrected chi connectivity index (χ0v) is 12.8. The van der Waals surface area contributed by atoms with E-state index in [0.717, 1.165) is 36.1 Å². The van der Waals surface area contributed by atoms with Crippen LogP contribution in [-0.4, -0.2) is 29.5 Å². The Hall–Kier alpha value is -0.520. The van der Waals surface area contributed by atoms with Gasteiger partial charge in [-0.2, -0.15) is 0 Å². The number of rotatable bonds is 5. The standard InChI is InChI=1S/C14H15BrO3S/c15-11-5-9(14(3-4-14)6-13(16)17)1-2-12(11)19-10-7-18-8-10/h1-2,5,10H,3-4,6-8H2,(H,16,17). The quantitative estimate of drug-likeness (QED) is 0.890. The van der Waals surface area contributed by atoms with Crippen LogP contribution in [0.15, 0.2) is 27.6 Å². The van der Waals surface area contributed by atoms with Gasteiger partial charge in [-0.25, -0.2) is 0 Å². The van der Waals surface area contributed by atoms with E-state index in [1.807, 2.05) is 11.8 Å². The minimum absolute atomic E-state index is 0.114. The first-order chi connectivity index (χ1) is 9.09. The van der Waals surface area contributed by atoms with Gasteiger partial charge >= 0.3 is 5.97 Å². The molecule has 3 rings (SSSR count). The molecule has 102 valence electrons. The lowest BCUT2D eigenvalue weighted by molar-refractivity contribution is -0.137. The summed E-state index contributed by atoms with van der Waals surface area (Å²) in [5.74, 6) is -0.710. The normalized spacial score (nSPS) is 20.9. The van der Waals surface area contributed by atoms with Crippen LogP contribution >= 0.6 is 27.7 Å². The maximum atomic E-state index is 10.9. The summed E-state index contributed by atoms with van der Waals surface area (Å²) in [6.45, 7) is 1.64. The highest BCUT2D eigenvalue weighted by Gasteiger charge is 2.46. The van der Waals surface area contributed by atoms with Gasteiger partial charge in [-0.05, 0) is 46.5 Å². The summed E-state index contributed by atoms with van der Waals surface area (Å²) >= 11 is 5.43. The molecule has 0 unspecified atom stereocenters. The lowest BCUT2D eigenvalue weighted by Crippen LogP contribution is -2.30. The van der Waals surface area contributed by atoms with E-state index in [2.05, 4.69) is 34.1 Å². The molecular weight excluding hydrogens is 328 g/mol. The van der Waals surface area contributed by atoms with Gasteiger partial charge in [0.25, 0.3) is 0 Å². The third-order valence-corrected chi connectivity index (χ3v) is 5.92. The van der Waals surface area contributed by atoms with Gasteiger partial charge < -0.3 is 9.84 Å². The largest absolute Gasteiger partial charge is 0.481 e. The number of hydrogen-bond donors (Lipinski definition) is 1. The lowest BCUT2D eigenvalue weighted by Gasteiger charge is -2.26. The highest BCUT2D eigenvalue weighted by Crippen LogP contribution is 2.52. The third kappa shape index (κ3) is 2.83. The predicted octanol–water partition coefficient (Wildman–Crippen LogP) is 3.45. The van der Waals surface area contributed by atoms with Gasteiger partial charge in [-0.3, -0.25) is 4.79 Å². The maximum absolute atomic E-state index is 10.9. The Labute approximate surface area is 124 Å². The fourth-order valence-corrected chi connectivity index (χ4v) is 4.06. The van der Waals surface area contributed by atoms with Crippen molar-refractivity contribution in [2.45, 2.75) is 34.8 Å². The molecule has 1 aromatic carbocycles. The van der Waals surface area contributed by atoms with Crippen molar-refractivity contribution in [3.63, 3.8) is 0 Å². The van der Waals surface area contributed by atoms with E-state index in [4.69, 9.17) is 9.84 Å². The Balaban J connectivity index is 1.77.